The van der Waals surface area contributed by atoms with Crippen LogP contribution in [0.15, 0.2) is 48.5 Å². The zero-order valence-electron chi connectivity index (χ0n) is 12.8. The van der Waals surface area contributed by atoms with Crippen LogP contribution in [0, 0.1) is 11.8 Å². The molecule has 0 heteroatoms. The van der Waals surface area contributed by atoms with Crippen molar-refractivity contribution < 1.29 is 0 Å². The van der Waals surface area contributed by atoms with Crippen molar-refractivity contribution in [3.63, 3.8) is 0 Å². The smallest absolute Gasteiger partial charge is 0.0209 e. The molecule has 0 heterocycles. The highest BCUT2D eigenvalue weighted by Crippen LogP contribution is 2.63. The zero-order valence-corrected chi connectivity index (χ0v) is 12.8. The first-order chi connectivity index (χ1) is 9.52. The van der Waals surface area contributed by atoms with Crippen LogP contribution in [-0.2, 0) is 10.8 Å². The summed E-state index contributed by atoms with van der Waals surface area (Å²) in [6.45, 7) is 9.78. The Bertz CT molecular complexity index is 587. The Hall–Kier alpha value is -1.56. The predicted molar refractivity (Wildman–Crippen MR) is 84.1 cm³/mol. The van der Waals surface area contributed by atoms with Crippen molar-refractivity contribution in [3.05, 3.63) is 70.8 Å². The van der Waals surface area contributed by atoms with Crippen LogP contribution in [0.5, 0.6) is 0 Å². The molecular weight excluding hydrogens is 240 g/mol. The van der Waals surface area contributed by atoms with E-state index in [1.54, 1.807) is 22.3 Å². The van der Waals surface area contributed by atoms with Crippen molar-refractivity contribution in [2.24, 2.45) is 11.8 Å². The lowest BCUT2D eigenvalue weighted by molar-refractivity contribution is 0.142. The van der Waals surface area contributed by atoms with E-state index >= 15 is 0 Å². The van der Waals surface area contributed by atoms with E-state index in [1.165, 1.54) is 0 Å². The third-order valence-electron chi connectivity index (χ3n) is 6.66. The van der Waals surface area contributed by atoms with E-state index in [0.717, 1.165) is 0 Å². The summed E-state index contributed by atoms with van der Waals surface area (Å²) in [5.74, 6) is 1.33. The van der Waals surface area contributed by atoms with Gasteiger partial charge < -0.3 is 0 Å². The van der Waals surface area contributed by atoms with Gasteiger partial charge in [-0.15, -0.1) is 0 Å². The van der Waals surface area contributed by atoms with E-state index in [0.29, 0.717) is 11.8 Å². The van der Waals surface area contributed by atoms with E-state index in [-0.39, 0.29) is 10.8 Å². The Labute approximate surface area is 121 Å². The molecule has 102 valence electrons. The Balaban J connectivity index is 2.20. The molecule has 0 saturated heterocycles. The summed E-state index contributed by atoms with van der Waals surface area (Å²) in [5.41, 5.74) is 6.51. The van der Waals surface area contributed by atoms with E-state index in [1.807, 2.05) is 0 Å². The van der Waals surface area contributed by atoms with Crippen molar-refractivity contribution in [2.75, 3.05) is 0 Å². The molecular formula is C20H22. The fourth-order valence-corrected chi connectivity index (χ4v) is 5.05. The molecule has 0 spiro atoms. The van der Waals surface area contributed by atoms with Gasteiger partial charge in [0.25, 0.3) is 0 Å². The largest absolute Gasteiger partial charge is 0.0619 e. The van der Waals surface area contributed by atoms with Crippen LogP contribution in [0.25, 0.3) is 0 Å². The molecule has 0 amide bonds. The highest BCUT2D eigenvalue weighted by Gasteiger charge is 2.58. The van der Waals surface area contributed by atoms with E-state index < -0.39 is 0 Å². The lowest BCUT2D eigenvalue weighted by atomic mass is 9.43. The van der Waals surface area contributed by atoms with Gasteiger partial charge in [0.05, 0.1) is 0 Å². The SMILES string of the molecule is C[C@@H]1[C@H](C)C2(C)c3ccccc3C1(C)c1ccccc12. The highest BCUT2D eigenvalue weighted by molar-refractivity contribution is 5.62. The third kappa shape index (κ3) is 1.07. The van der Waals surface area contributed by atoms with Gasteiger partial charge in [0.1, 0.15) is 0 Å². The number of rotatable bonds is 0. The van der Waals surface area contributed by atoms with Crippen molar-refractivity contribution in [1.29, 1.82) is 0 Å². The van der Waals surface area contributed by atoms with Crippen molar-refractivity contribution in [3.8, 4) is 0 Å². The predicted octanol–water partition coefficient (Wildman–Crippen LogP) is 4.90. The van der Waals surface area contributed by atoms with Gasteiger partial charge in [0, 0.05) is 10.8 Å². The molecule has 0 fully saturated rings. The molecule has 2 aromatic carbocycles. The van der Waals surface area contributed by atoms with Crippen LogP contribution in [0.2, 0.25) is 0 Å². The first kappa shape index (κ1) is 12.2. The zero-order chi connectivity index (χ0) is 14.1. The number of hydrogen-bond acceptors (Lipinski definition) is 0. The minimum absolute atomic E-state index is 0.157. The maximum absolute atomic E-state index is 2.45. The van der Waals surface area contributed by atoms with Gasteiger partial charge >= 0.3 is 0 Å². The van der Waals surface area contributed by atoms with Crippen LogP contribution in [0.4, 0.5) is 0 Å². The van der Waals surface area contributed by atoms with E-state index in [2.05, 4.69) is 76.2 Å². The highest BCUT2D eigenvalue weighted by atomic mass is 14.6. The minimum Gasteiger partial charge on any atom is -0.0619 e. The van der Waals surface area contributed by atoms with Gasteiger partial charge in [-0.2, -0.15) is 0 Å². The van der Waals surface area contributed by atoms with Gasteiger partial charge in [-0.3, -0.25) is 0 Å². The van der Waals surface area contributed by atoms with Gasteiger partial charge in [0.2, 0.25) is 0 Å². The standard InChI is InChI=1S/C20H22/c1-13-14(2)20(4)17-11-7-5-9-15(17)19(13,3)16-10-6-8-12-18(16)20/h5-14H,1-4H3/t13-,14+,19?,20?. The molecule has 5 rings (SSSR count). The molecule has 0 unspecified atom stereocenters. The Kier molecular flexibility index (Phi) is 2.17. The fraction of sp³-hybridized carbons (Fsp3) is 0.400. The normalized spacial score (nSPS) is 37.4. The second-order valence-electron chi connectivity index (χ2n) is 7.07. The van der Waals surface area contributed by atoms with Crippen LogP contribution >= 0.6 is 0 Å². The summed E-state index contributed by atoms with van der Waals surface area (Å²) >= 11 is 0. The maximum atomic E-state index is 2.45. The average Bonchev–Trinajstić information content (AvgIpc) is 2.50. The van der Waals surface area contributed by atoms with Gasteiger partial charge in [0.15, 0.2) is 0 Å². The molecule has 0 saturated carbocycles. The van der Waals surface area contributed by atoms with Crippen LogP contribution in [0.3, 0.4) is 0 Å². The summed E-state index contributed by atoms with van der Waals surface area (Å²) in [5, 5.41) is 0. The lowest BCUT2D eigenvalue weighted by Gasteiger charge is -2.60. The van der Waals surface area contributed by atoms with Crippen LogP contribution in [-0.4, -0.2) is 0 Å². The third-order valence-corrected chi connectivity index (χ3v) is 6.66. The van der Waals surface area contributed by atoms with E-state index in [9.17, 15) is 0 Å². The molecule has 2 atom stereocenters. The summed E-state index contributed by atoms with van der Waals surface area (Å²) in [6.07, 6.45) is 0. The molecule has 20 heavy (non-hydrogen) atoms. The topological polar surface area (TPSA) is 0 Å². The number of benzene rings is 2. The Morgan fingerprint density at radius 3 is 1.10 bits per heavy atom. The van der Waals surface area contributed by atoms with Crippen molar-refractivity contribution >= 4 is 0 Å². The average molecular weight is 262 g/mol. The van der Waals surface area contributed by atoms with Gasteiger partial charge in [-0.1, -0.05) is 76.2 Å². The molecule has 0 aliphatic heterocycles. The maximum Gasteiger partial charge on any atom is 0.0209 e. The number of fused-ring (bicyclic) bond motifs is 1. The van der Waals surface area contributed by atoms with Crippen LogP contribution in [0.1, 0.15) is 49.9 Å². The second-order valence-corrected chi connectivity index (χ2v) is 7.07. The first-order valence-electron chi connectivity index (χ1n) is 7.72. The molecule has 3 aliphatic rings. The van der Waals surface area contributed by atoms with Gasteiger partial charge in [-0.05, 0) is 34.1 Å². The molecule has 3 aliphatic carbocycles. The minimum atomic E-state index is 0.157. The Morgan fingerprint density at radius 2 is 0.850 bits per heavy atom. The fourth-order valence-electron chi connectivity index (χ4n) is 5.05. The lowest BCUT2D eigenvalue weighted by Crippen LogP contribution is -2.56. The molecule has 0 aromatic heterocycles. The van der Waals surface area contributed by atoms with E-state index in [4.69, 9.17) is 0 Å². The molecule has 2 aromatic rings. The number of hydrogen-bond donors (Lipinski definition) is 0. The Morgan fingerprint density at radius 1 is 0.600 bits per heavy atom. The monoisotopic (exact) mass is 262 g/mol. The molecule has 2 bridgehead atoms. The summed E-state index contributed by atoms with van der Waals surface area (Å²) in [4.78, 5) is 0. The summed E-state index contributed by atoms with van der Waals surface area (Å²) < 4.78 is 0. The van der Waals surface area contributed by atoms with Crippen LogP contribution < -0.4 is 0 Å². The molecule has 0 N–H and O–H groups in total. The second kappa shape index (κ2) is 3.55. The molecule has 0 radical (unpaired) electrons. The van der Waals surface area contributed by atoms with Crippen molar-refractivity contribution in [1.82, 2.24) is 0 Å². The quantitative estimate of drug-likeness (QED) is 0.633. The molecule has 0 nitrogen and oxygen atoms in total. The van der Waals surface area contributed by atoms with Gasteiger partial charge in [-0.25, -0.2) is 0 Å². The summed E-state index contributed by atoms with van der Waals surface area (Å²) in [6, 6.07) is 18.2. The van der Waals surface area contributed by atoms with Crippen molar-refractivity contribution in [2.45, 2.75) is 38.5 Å². The first-order valence-corrected chi connectivity index (χ1v) is 7.72. The summed E-state index contributed by atoms with van der Waals surface area (Å²) in [7, 11) is 0.